The van der Waals surface area contributed by atoms with E-state index < -0.39 is 5.60 Å². The molecule has 1 atom stereocenters. The molecule has 0 aromatic carbocycles. The zero-order chi connectivity index (χ0) is 11.8. The third-order valence-electron chi connectivity index (χ3n) is 4.65. The fraction of sp³-hybridized carbons (Fsp3) is 1.00. The molecule has 98 valence electrons. The average Bonchev–Trinajstić information content (AvgIpc) is 2.84. The lowest BCUT2D eigenvalue weighted by atomic mass is 9.74. The van der Waals surface area contributed by atoms with Gasteiger partial charge in [-0.25, -0.2) is 0 Å². The van der Waals surface area contributed by atoms with Crippen LogP contribution >= 0.6 is 0 Å². The van der Waals surface area contributed by atoms with Crippen LogP contribution in [0.25, 0.3) is 0 Å². The number of hydrogen-bond donors (Lipinski definition) is 2. The van der Waals surface area contributed by atoms with E-state index in [0.29, 0.717) is 13.2 Å². The molecule has 1 unspecified atom stereocenters. The number of hydrogen-bond acceptors (Lipinski definition) is 4. The number of ether oxygens (including phenoxy) is 2. The van der Waals surface area contributed by atoms with Gasteiger partial charge in [-0.15, -0.1) is 0 Å². The third-order valence-corrected chi connectivity index (χ3v) is 4.65. The van der Waals surface area contributed by atoms with Gasteiger partial charge in [-0.2, -0.15) is 0 Å². The van der Waals surface area contributed by atoms with Crippen molar-refractivity contribution in [1.82, 2.24) is 5.32 Å². The van der Waals surface area contributed by atoms with Crippen LogP contribution in [0, 0.1) is 0 Å². The van der Waals surface area contributed by atoms with E-state index in [1.165, 1.54) is 12.8 Å². The minimum atomic E-state index is -0.541. The molecule has 0 aromatic rings. The highest BCUT2D eigenvalue weighted by molar-refractivity contribution is 4.99. The molecule has 3 aliphatic rings. The maximum atomic E-state index is 10.8. The molecule has 0 bridgehead atoms. The van der Waals surface area contributed by atoms with E-state index >= 15 is 0 Å². The van der Waals surface area contributed by atoms with Gasteiger partial charge in [0.25, 0.3) is 0 Å². The molecule has 2 saturated heterocycles. The Morgan fingerprint density at radius 3 is 2.29 bits per heavy atom. The summed E-state index contributed by atoms with van der Waals surface area (Å²) in [5, 5.41) is 14.2. The molecule has 1 saturated carbocycles. The number of rotatable bonds is 1. The summed E-state index contributed by atoms with van der Waals surface area (Å²) in [5.74, 6) is -0.360. The maximum absolute atomic E-state index is 10.8. The van der Waals surface area contributed by atoms with Crippen molar-refractivity contribution in [3.8, 4) is 0 Å². The summed E-state index contributed by atoms with van der Waals surface area (Å²) in [6.45, 7) is 2.46. The molecule has 3 rings (SSSR count). The van der Waals surface area contributed by atoms with Crippen molar-refractivity contribution in [2.45, 2.75) is 62.4 Å². The van der Waals surface area contributed by atoms with E-state index in [1.54, 1.807) is 0 Å². The van der Waals surface area contributed by atoms with Crippen molar-refractivity contribution in [3.05, 3.63) is 0 Å². The lowest BCUT2D eigenvalue weighted by Crippen LogP contribution is -2.56. The molecule has 2 aliphatic heterocycles. The SMILES string of the molecule is OC1(C2CCCCN2)CCC2(CC1)OCCO2. The van der Waals surface area contributed by atoms with Crippen LogP contribution in [0.3, 0.4) is 0 Å². The smallest absolute Gasteiger partial charge is 0.168 e. The van der Waals surface area contributed by atoms with Gasteiger partial charge >= 0.3 is 0 Å². The topological polar surface area (TPSA) is 50.7 Å². The van der Waals surface area contributed by atoms with Crippen molar-refractivity contribution in [2.75, 3.05) is 19.8 Å². The fourth-order valence-electron chi connectivity index (χ4n) is 3.51. The Balaban J connectivity index is 1.62. The molecule has 0 aromatic heterocycles. The molecular formula is C13H23NO3. The highest BCUT2D eigenvalue weighted by atomic mass is 16.7. The van der Waals surface area contributed by atoms with Gasteiger partial charge in [0.05, 0.1) is 18.8 Å². The van der Waals surface area contributed by atoms with Crippen LogP contribution in [-0.2, 0) is 9.47 Å². The van der Waals surface area contributed by atoms with Crippen molar-refractivity contribution >= 4 is 0 Å². The van der Waals surface area contributed by atoms with Gasteiger partial charge in [0, 0.05) is 18.9 Å². The van der Waals surface area contributed by atoms with E-state index in [4.69, 9.17) is 9.47 Å². The molecule has 2 N–H and O–H groups in total. The van der Waals surface area contributed by atoms with E-state index in [0.717, 1.165) is 38.6 Å². The van der Waals surface area contributed by atoms with Gasteiger partial charge in [-0.1, -0.05) is 6.42 Å². The third kappa shape index (κ3) is 2.24. The quantitative estimate of drug-likeness (QED) is 0.724. The Hall–Kier alpha value is -0.160. The van der Waals surface area contributed by atoms with Crippen LogP contribution < -0.4 is 5.32 Å². The highest BCUT2D eigenvalue weighted by Crippen LogP contribution is 2.42. The van der Waals surface area contributed by atoms with Crippen LogP contribution in [-0.4, -0.2) is 42.3 Å². The lowest BCUT2D eigenvalue weighted by molar-refractivity contribution is -0.207. The summed E-state index contributed by atoms with van der Waals surface area (Å²) < 4.78 is 11.4. The molecule has 17 heavy (non-hydrogen) atoms. The molecular weight excluding hydrogens is 218 g/mol. The van der Waals surface area contributed by atoms with Crippen LogP contribution in [0.2, 0.25) is 0 Å². The highest BCUT2D eigenvalue weighted by Gasteiger charge is 2.48. The van der Waals surface area contributed by atoms with E-state index in [1.807, 2.05) is 0 Å². The van der Waals surface area contributed by atoms with Crippen molar-refractivity contribution < 1.29 is 14.6 Å². The standard InChI is InChI=1S/C13H23NO3/c15-12(11-3-1-2-8-14-11)4-6-13(7-5-12)16-9-10-17-13/h11,14-15H,1-10H2. The largest absolute Gasteiger partial charge is 0.388 e. The lowest BCUT2D eigenvalue weighted by Gasteiger charge is -2.46. The molecule has 4 heteroatoms. The summed E-state index contributed by atoms with van der Waals surface area (Å²) in [6, 6.07) is 0.273. The van der Waals surface area contributed by atoms with Gasteiger partial charge in [0.15, 0.2) is 5.79 Å². The second kappa shape index (κ2) is 4.50. The molecule has 3 fully saturated rings. The molecule has 4 nitrogen and oxygen atoms in total. The van der Waals surface area contributed by atoms with Gasteiger partial charge in [-0.3, -0.25) is 0 Å². The Kier molecular flexibility index (Phi) is 3.15. The van der Waals surface area contributed by atoms with Gasteiger partial charge < -0.3 is 19.9 Å². The fourth-order valence-corrected chi connectivity index (χ4v) is 3.51. The minimum absolute atomic E-state index is 0.273. The summed E-state index contributed by atoms with van der Waals surface area (Å²) in [5.41, 5.74) is -0.541. The summed E-state index contributed by atoms with van der Waals surface area (Å²) in [6.07, 6.45) is 6.84. The molecule has 2 heterocycles. The van der Waals surface area contributed by atoms with E-state index in [2.05, 4.69) is 5.32 Å². The maximum Gasteiger partial charge on any atom is 0.168 e. The average molecular weight is 241 g/mol. The monoisotopic (exact) mass is 241 g/mol. The second-order valence-corrected chi connectivity index (χ2v) is 5.71. The summed E-state index contributed by atoms with van der Waals surface area (Å²) in [4.78, 5) is 0. The Morgan fingerprint density at radius 1 is 1.00 bits per heavy atom. The Morgan fingerprint density at radius 2 is 1.71 bits per heavy atom. The second-order valence-electron chi connectivity index (χ2n) is 5.71. The van der Waals surface area contributed by atoms with E-state index in [9.17, 15) is 5.11 Å². The first-order valence-electron chi connectivity index (χ1n) is 6.96. The number of piperidine rings is 1. The first-order valence-corrected chi connectivity index (χ1v) is 6.96. The zero-order valence-corrected chi connectivity index (χ0v) is 10.4. The van der Waals surface area contributed by atoms with E-state index in [-0.39, 0.29) is 11.8 Å². The van der Waals surface area contributed by atoms with Crippen molar-refractivity contribution in [2.24, 2.45) is 0 Å². The van der Waals surface area contributed by atoms with Crippen LogP contribution in [0.4, 0.5) is 0 Å². The van der Waals surface area contributed by atoms with Gasteiger partial charge in [0.1, 0.15) is 0 Å². The molecule has 0 amide bonds. The molecule has 1 spiro atoms. The van der Waals surface area contributed by atoms with Crippen molar-refractivity contribution in [1.29, 1.82) is 0 Å². The first kappa shape index (κ1) is 11.9. The summed E-state index contributed by atoms with van der Waals surface area (Å²) in [7, 11) is 0. The predicted octanol–water partition coefficient (Wildman–Crippen LogP) is 1.18. The van der Waals surface area contributed by atoms with Crippen LogP contribution in [0.5, 0.6) is 0 Å². The molecule has 1 aliphatic carbocycles. The van der Waals surface area contributed by atoms with Gasteiger partial charge in [-0.05, 0) is 32.2 Å². The minimum Gasteiger partial charge on any atom is -0.388 e. The number of nitrogens with one attached hydrogen (secondary N) is 1. The van der Waals surface area contributed by atoms with Crippen LogP contribution in [0.15, 0.2) is 0 Å². The predicted molar refractivity (Wildman–Crippen MR) is 63.7 cm³/mol. The normalized spacial score (nSPS) is 36.2. The Bertz CT molecular complexity index is 260. The number of aliphatic hydroxyl groups is 1. The Labute approximate surface area is 103 Å². The zero-order valence-electron chi connectivity index (χ0n) is 10.4. The van der Waals surface area contributed by atoms with Gasteiger partial charge in [0.2, 0.25) is 0 Å². The van der Waals surface area contributed by atoms with Crippen LogP contribution in [0.1, 0.15) is 44.9 Å². The first-order chi connectivity index (χ1) is 8.23. The summed E-state index contributed by atoms with van der Waals surface area (Å²) >= 11 is 0. The molecule has 0 radical (unpaired) electrons. The van der Waals surface area contributed by atoms with Crippen molar-refractivity contribution in [3.63, 3.8) is 0 Å².